The summed E-state index contributed by atoms with van der Waals surface area (Å²) in [5.74, 6) is 0. The Morgan fingerprint density at radius 1 is 1.12 bits per heavy atom. The van der Waals surface area contributed by atoms with Gasteiger partial charge in [0.2, 0.25) is 0 Å². The molecule has 0 saturated carbocycles. The number of rotatable bonds is 4. The van der Waals surface area contributed by atoms with Gasteiger partial charge in [-0.2, -0.15) is 0 Å². The first-order chi connectivity index (χ1) is 6.80. The standard InChI is InChI=1S/C11H29FN2Si2/c1-9(2)14-10(11(3,4)5)16(12,13)15(6,7)8/h9-10,14H,13H2,1-8H3. The molecule has 0 aromatic carbocycles. The summed E-state index contributed by atoms with van der Waals surface area (Å²) in [5.41, 5.74) is -0.299. The first-order valence-corrected chi connectivity index (χ1v) is 12.6. The van der Waals surface area contributed by atoms with E-state index in [9.17, 15) is 0 Å². The van der Waals surface area contributed by atoms with Gasteiger partial charge in [-0.3, -0.25) is 4.11 Å². The maximum absolute atomic E-state index is 15.0. The maximum atomic E-state index is 15.0. The minimum Gasteiger partial charge on any atom is -0.327 e. The fraction of sp³-hybridized carbons (Fsp3) is 1.00. The molecule has 16 heavy (non-hydrogen) atoms. The topological polar surface area (TPSA) is 38.0 Å². The van der Waals surface area contributed by atoms with Gasteiger partial charge in [-0.15, -0.1) is 0 Å². The van der Waals surface area contributed by atoms with Gasteiger partial charge in [0, 0.05) is 11.7 Å². The van der Waals surface area contributed by atoms with Crippen molar-refractivity contribution in [3.8, 4) is 0 Å². The Labute approximate surface area is 102 Å². The summed E-state index contributed by atoms with van der Waals surface area (Å²) < 4.78 is 15.0. The van der Waals surface area contributed by atoms with E-state index in [-0.39, 0.29) is 17.1 Å². The van der Waals surface area contributed by atoms with Crippen molar-refractivity contribution >= 4 is 15.7 Å². The lowest BCUT2D eigenvalue weighted by atomic mass is 9.96. The molecule has 3 N–H and O–H groups in total. The molecule has 0 aliphatic carbocycles. The highest BCUT2D eigenvalue weighted by molar-refractivity contribution is 7.37. The van der Waals surface area contributed by atoms with Gasteiger partial charge in [0.15, 0.2) is 0 Å². The second-order valence-electron chi connectivity index (χ2n) is 7.14. The number of nitrogens with one attached hydrogen (secondary N) is 1. The first kappa shape index (κ1) is 16.3. The zero-order valence-electron chi connectivity index (χ0n) is 12.1. The number of hydrogen-bond acceptors (Lipinski definition) is 2. The molecule has 0 fully saturated rings. The molecule has 2 unspecified atom stereocenters. The smallest absolute Gasteiger partial charge is 0.315 e. The predicted molar refractivity (Wildman–Crippen MR) is 75.9 cm³/mol. The molecule has 0 aromatic rings. The Balaban J connectivity index is 5.19. The van der Waals surface area contributed by atoms with E-state index in [1.807, 2.05) is 33.5 Å². The van der Waals surface area contributed by atoms with Crippen LogP contribution in [0.25, 0.3) is 0 Å². The van der Waals surface area contributed by atoms with Crippen LogP contribution < -0.4 is 10.7 Å². The van der Waals surface area contributed by atoms with Crippen LogP contribution in [0.1, 0.15) is 34.6 Å². The molecular formula is C11H29FN2Si2. The third-order valence-corrected chi connectivity index (χ3v) is 14.9. The molecule has 0 spiro atoms. The Kier molecular flexibility index (Phi) is 4.96. The molecule has 0 radical (unpaired) electrons. The van der Waals surface area contributed by atoms with Crippen LogP contribution >= 0.6 is 0 Å². The third kappa shape index (κ3) is 3.94. The van der Waals surface area contributed by atoms with Crippen molar-refractivity contribution in [2.24, 2.45) is 10.8 Å². The van der Waals surface area contributed by atoms with Gasteiger partial charge in [-0.05, 0) is 5.41 Å². The summed E-state index contributed by atoms with van der Waals surface area (Å²) in [7, 11) is -5.14. The van der Waals surface area contributed by atoms with Crippen molar-refractivity contribution in [2.75, 3.05) is 0 Å². The summed E-state index contributed by atoms with van der Waals surface area (Å²) in [5, 5.41) is 9.51. The SMILES string of the molecule is CC(C)NC(C(C)(C)C)[Si](N)(F)[Si](C)(C)C. The molecule has 0 heterocycles. The van der Waals surface area contributed by atoms with Crippen LogP contribution in [0.4, 0.5) is 4.11 Å². The molecule has 0 aliphatic rings. The Hall–Kier alpha value is 0.284. The van der Waals surface area contributed by atoms with Gasteiger partial charge in [-0.1, -0.05) is 54.3 Å². The van der Waals surface area contributed by atoms with E-state index >= 15 is 4.11 Å². The van der Waals surface area contributed by atoms with Crippen molar-refractivity contribution in [1.82, 2.24) is 5.32 Å². The summed E-state index contributed by atoms with van der Waals surface area (Å²) >= 11 is 0. The monoisotopic (exact) mass is 264 g/mol. The van der Waals surface area contributed by atoms with Gasteiger partial charge in [0.25, 0.3) is 0 Å². The van der Waals surface area contributed by atoms with Crippen molar-refractivity contribution in [1.29, 1.82) is 0 Å². The molecule has 0 aliphatic heterocycles. The normalized spacial score (nSPS) is 19.7. The van der Waals surface area contributed by atoms with E-state index in [4.69, 9.17) is 5.40 Å². The summed E-state index contributed by atoms with van der Waals surface area (Å²) in [6.45, 7) is 16.4. The zero-order chi connectivity index (χ0) is 13.4. The van der Waals surface area contributed by atoms with Crippen molar-refractivity contribution in [2.45, 2.75) is 66.0 Å². The van der Waals surface area contributed by atoms with E-state index in [0.717, 1.165) is 0 Å². The Morgan fingerprint density at radius 3 is 1.69 bits per heavy atom. The molecule has 0 amide bonds. The maximum Gasteiger partial charge on any atom is 0.315 e. The molecule has 2 nitrogen and oxygen atoms in total. The van der Waals surface area contributed by atoms with E-state index in [2.05, 4.69) is 26.1 Å². The second-order valence-corrected chi connectivity index (χ2v) is 20.6. The van der Waals surface area contributed by atoms with Crippen LogP contribution in [0.15, 0.2) is 0 Å². The van der Waals surface area contributed by atoms with Gasteiger partial charge in [0.1, 0.15) is 0 Å². The van der Waals surface area contributed by atoms with Gasteiger partial charge < -0.3 is 10.7 Å². The average molecular weight is 265 g/mol. The molecule has 0 rings (SSSR count). The summed E-state index contributed by atoms with van der Waals surface area (Å²) in [6, 6.07) is 0.270. The Morgan fingerprint density at radius 2 is 1.50 bits per heavy atom. The first-order valence-electron chi connectivity index (χ1n) is 6.04. The highest BCUT2D eigenvalue weighted by Gasteiger charge is 2.55. The lowest BCUT2D eigenvalue weighted by Gasteiger charge is -2.44. The average Bonchev–Trinajstić information content (AvgIpc) is 1.95. The molecule has 0 aromatic heterocycles. The number of hydrogen-bond donors (Lipinski definition) is 2. The van der Waals surface area contributed by atoms with E-state index in [0.29, 0.717) is 0 Å². The zero-order valence-corrected chi connectivity index (χ0v) is 14.1. The van der Waals surface area contributed by atoms with E-state index < -0.39 is 15.7 Å². The van der Waals surface area contributed by atoms with Gasteiger partial charge in [-0.25, -0.2) is 0 Å². The summed E-state index contributed by atoms with van der Waals surface area (Å²) in [6.07, 6.45) is 0. The minimum atomic E-state index is -3.20. The molecule has 0 bridgehead atoms. The van der Waals surface area contributed by atoms with Crippen LogP contribution in [-0.2, 0) is 0 Å². The fourth-order valence-electron chi connectivity index (χ4n) is 1.77. The number of nitrogens with two attached hydrogens (primary N) is 1. The van der Waals surface area contributed by atoms with Crippen LogP contribution in [0.2, 0.25) is 19.6 Å². The minimum absolute atomic E-state index is 0.125. The van der Waals surface area contributed by atoms with Gasteiger partial charge in [0.05, 0.1) is 7.59 Å². The van der Waals surface area contributed by atoms with E-state index in [1.165, 1.54) is 0 Å². The second kappa shape index (κ2) is 4.88. The highest BCUT2D eigenvalue weighted by atomic mass is 29.3. The molecule has 2 atom stereocenters. The van der Waals surface area contributed by atoms with Crippen LogP contribution in [0.5, 0.6) is 0 Å². The largest absolute Gasteiger partial charge is 0.327 e. The molecule has 5 heteroatoms. The highest BCUT2D eigenvalue weighted by Crippen LogP contribution is 2.30. The Bertz CT molecular complexity index is 229. The molecule has 98 valence electrons. The quantitative estimate of drug-likeness (QED) is 0.605. The van der Waals surface area contributed by atoms with Crippen LogP contribution in [0.3, 0.4) is 0 Å². The van der Waals surface area contributed by atoms with Crippen LogP contribution in [-0.4, -0.2) is 27.4 Å². The number of halogens is 1. The lowest BCUT2D eigenvalue weighted by Crippen LogP contribution is -2.76. The fourth-order valence-corrected chi connectivity index (χ4v) is 8.62. The molecular weight excluding hydrogens is 235 g/mol. The summed E-state index contributed by atoms with van der Waals surface area (Å²) in [4.78, 5) is 0. The molecule has 0 saturated heterocycles. The van der Waals surface area contributed by atoms with Crippen molar-refractivity contribution < 1.29 is 4.11 Å². The van der Waals surface area contributed by atoms with E-state index in [1.54, 1.807) is 0 Å². The van der Waals surface area contributed by atoms with Gasteiger partial charge >= 0.3 is 8.09 Å². The van der Waals surface area contributed by atoms with Crippen molar-refractivity contribution in [3.05, 3.63) is 0 Å². The predicted octanol–water partition coefficient (Wildman–Crippen LogP) is 2.73. The lowest BCUT2D eigenvalue weighted by molar-refractivity contribution is 0.306. The third-order valence-electron chi connectivity index (χ3n) is 2.94. The van der Waals surface area contributed by atoms with Crippen molar-refractivity contribution in [3.63, 3.8) is 0 Å². The van der Waals surface area contributed by atoms with Crippen LogP contribution in [0, 0.1) is 5.41 Å².